The van der Waals surface area contributed by atoms with Gasteiger partial charge in [0.2, 0.25) is 0 Å². The Labute approximate surface area is 155 Å². The highest BCUT2D eigenvalue weighted by molar-refractivity contribution is 6.43. The first kappa shape index (κ1) is 17.2. The molecule has 0 bridgehead atoms. The topological polar surface area (TPSA) is 35.6 Å². The molecule has 2 aromatic rings. The minimum atomic E-state index is -0.176. The molecule has 4 nitrogen and oxygen atoms in total. The van der Waals surface area contributed by atoms with Gasteiger partial charge in [-0.2, -0.15) is 0 Å². The number of benzene rings is 2. The second-order valence-corrected chi connectivity index (χ2v) is 6.71. The third-order valence-electron chi connectivity index (χ3n) is 3.93. The van der Waals surface area contributed by atoms with Crippen molar-refractivity contribution in [2.45, 2.75) is 0 Å². The molecule has 0 spiro atoms. The van der Waals surface area contributed by atoms with Crippen LogP contribution >= 0.6 is 34.8 Å². The van der Waals surface area contributed by atoms with E-state index in [4.69, 9.17) is 34.8 Å². The van der Waals surface area contributed by atoms with Gasteiger partial charge in [0.1, 0.15) is 0 Å². The van der Waals surface area contributed by atoms with Crippen molar-refractivity contribution >= 4 is 52.2 Å². The Balaban J connectivity index is 1.60. The second-order valence-electron chi connectivity index (χ2n) is 5.49. The summed E-state index contributed by atoms with van der Waals surface area (Å²) in [5.41, 5.74) is 1.59. The van der Waals surface area contributed by atoms with Gasteiger partial charge in [-0.25, -0.2) is 4.79 Å². The van der Waals surface area contributed by atoms with Crippen molar-refractivity contribution in [2.24, 2.45) is 0 Å². The SMILES string of the molecule is O=C(Nc1cccc(Cl)c1Cl)N1CCN(c2cccc(Cl)c2)CC1. The summed E-state index contributed by atoms with van der Waals surface area (Å²) < 4.78 is 0. The zero-order chi connectivity index (χ0) is 17.1. The van der Waals surface area contributed by atoms with Crippen LogP contribution in [0.25, 0.3) is 0 Å². The Bertz CT molecular complexity index is 746. The third kappa shape index (κ3) is 3.89. The smallest absolute Gasteiger partial charge is 0.322 e. The number of hydrogen-bond donors (Lipinski definition) is 1. The van der Waals surface area contributed by atoms with E-state index in [0.717, 1.165) is 18.8 Å². The van der Waals surface area contributed by atoms with Gasteiger partial charge in [-0.15, -0.1) is 0 Å². The number of halogens is 3. The van der Waals surface area contributed by atoms with Crippen LogP contribution in [-0.2, 0) is 0 Å². The number of piperazine rings is 1. The van der Waals surface area contributed by atoms with Crippen LogP contribution in [0.2, 0.25) is 15.1 Å². The number of nitrogens with one attached hydrogen (secondary N) is 1. The molecule has 3 rings (SSSR count). The predicted molar refractivity (Wildman–Crippen MR) is 101 cm³/mol. The van der Waals surface area contributed by atoms with Crippen LogP contribution in [0.5, 0.6) is 0 Å². The Kier molecular flexibility index (Phi) is 5.39. The summed E-state index contributed by atoms with van der Waals surface area (Å²) in [6.45, 7) is 2.74. The standard InChI is InChI=1S/C17H16Cl3N3O/c18-12-3-1-4-13(11-12)22-7-9-23(10-8-22)17(24)21-15-6-2-5-14(19)16(15)20/h1-6,11H,7-10H2,(H,21,24). The molecule has 126 valence electrons. The van der Waals surface area contributed by atoms with Crippen LogP contribution in [0.3, 0.4) is 0 Å². The normalized spacial score (nSPS) is 14.6. The molecule has 1 fully saturated rings. The van der Waals surface area contributed by atoms with Crippen LogP contribution in [0.1, 0.15) is 0 Å². The molecular weight excluding hydrogens is 369 g/mol. The number of amides is 2. The number of urea groups is 1. The lowest BCUT2D eigenvalue weighted by molar-refractivity contribution is 0.208. The first-order chi connectivity index (χ1) is 11.5. The largest absolute Gasteiger partial charge is 0.368 e. The summed E-state index contributed by atoms with van der Waals surface area (Å²) in [7, 11) is 0. The van der Waals surface area contributed by atoms with Gasteiger partial charge in [-0.1, -0.05) is 46.9 Å². The summed E-state index contributed by atoms with van der Waals surface area (Å²) in [6, 6.07) is 12.7. The van der Waals surface area contributed by atoms with Gasteiger partial charge >= 0.3 is 6.03 Å². The molecule has 1 heterocycles. The molecule has 0 aromatic heterocycles. The summed E-state index contributed by atoms with van der Waals surface area (Å²) >= 11 is 18.1. The van der Waals surface area contributed by atoms with Crippen LogP contribution < -0.4 is 10.2 Å². The molecule has 1 saturated heterocycles. The van der Waals surface area contributed by atoms with E-state index in [1.165, 1.54) is 0 Å². The number of rotatable bonds is 2. The molecule has 0 atom stereocenters. The Morgan fingerprint density at radius 2 is 1.67 bits per heavy atom. The van der Waals surface area contributed by atoms with Gasteiger partial charge in [-0.3, -0.25) is 0 Å². The Morgan fingerprint density at radius 1 is 0.958 bits per heavy atom. The lowest BCUT2D eigenvalue weighted by Gasteiger charge is -2.36. The summed E-state index contributed by atoms with van der Waals surface area (Å²) in [6.07, 6.45) is 0. The Morgan fingerprint density at radius 3 is 2.38 bits per heavy atom. The van der Waals surface area contributed by atoms with Gasteiger partial charge in [0.15, 0.2) is 0 Å². The van der Waals surface area contributed by atoms with Crippen molar-refractivity contribution < 1.29 is 4.79 Å². The maximum absolute atomic E-state index is 12.4. The molecule has 1 aliphatic rings. The quantitative estimate of drug-likeness (QED) is 0.791. The van der Waals surface area contributed by atoms with E-state index < -0.39 is 0 Å². The molecular formula is C17H16Cl3N3O. The number of hydrogen-bond acceptors (Lipinski definition) is 2. The fraction of sp³-hybridized carbons (Fsp3) is 0.235. The van der Waals surface area contributed by atoms with E-state index in [-0.39, 0.29) is 6.03 Å². The van der Waals surface area contributed by atoms with Crippen LogP contribution in [0, 0.1) is 0 Å². The van der Waals surface area contributed by atoms with Gasteiger partial charge in [0, 0.05) is 36.9 Å². The highest BCUT2D eigenvalue weighted by atomic mass is 35.5. The minimum Gasteiger partial charge on any atom is -0.368 e. The number of carbonyl (C=O) groups excluding carboxylic acids is 1. The second kappa shape index (κ2) is 7.51. The monoisotopic (exact) mass is 383 g/mol. The fourth-order valence-corrected chi connectivity index (χ4v) is 3.17. The average molecular weight is 385 g/mol. The van der Waals surface area contributed by atoms with E-state index in [1.807, 2.05) is 24.3 Å². The minimum absolute atomic E-state index is 0.176. The maximum Gasteiger partial charge on any atom is 0.322 e. The molecule has 1 N–H and O–H groups in total. The van der Waals surface area contributed by atoms with E-state index in [9.17, 15) is 4.79 Å². The van der Waals surface area contributed by atoms with Crippen molar-refractivity contribution in [2.75, 3.05) is 36.4 Å². The van der Waals surface area contributed by atoms with Gasteiger partial charge in [0.05, 0.1) is 15.7 Å². The molecule has 24 heavy (non-hydrogen) atoms. The van der Waals surface area contributed by atoms with Crippen molar-refractivity contribution in [3.8, 4) is 0 Å². The first-order valence-corrected chi connectivity index (χ1v) is 8.68. The zero-order valence-corrected chi connectivity index (χ0v) is 15.1. The zero-order valence-electron chi connectivity index (χ0n) is 12.8. The third-order valence-corrected chi connectivity index (χ3v) is 4.99. The van der Waals surface area contributed by atoms with Crippen LogP contribution in [0.4, 0.5) is 16.2 Å². The Hall–Kier alpha value is -1.62. The number of anilines is 2. The lowest BCUT2D eigenvalue weighted by atomic mass is 10.2. The summed E-state index contributed by atoms with van der Waals surface area (Å²) in [5, 5.41) is 4.30. The number of carbonyl (C=O) groups is 1. The van der Waals surface area contributed by atoms with Gasteiger partial charge < -0.3 is 15.1 Å². The highest BCUT2D eigenvalue weighted by Gasteiger charge is 2.22. The van der Waals surface area contributed by atoms with Gasteiger partial charge in [0.25, 0.3) is 0 Å². The average Bonchev–Trinajstić information content (AvgIpc) is 2.59. The summed E-state index contributed by atoms with van der Waals surface area (Å²) in [5.74, 6) is 0. The van der Waals surface area contributed by atoms with Crippen molar-refractivity contribution in [3.05, 3.63) is 57.5 Å². The molecule has 2 aromatic carbocycles. The van der Waals surface area contributed by atoms with Gasteiger partial charge in [-0.05, 0) is 30.3 Å². The molecule has 7 heteroatoms. The maximum atomic E-state index is 12.4. The van der Waals surface area contributed by atoms with E-state index >= 15 is 0 Å². The van der Waals surface area contributed by atoms with E-state index in [2.05, 4.69) is 10.2 Å². The van der Waals surface area contributed by atoms with Crippen molar-refractivity contribution in [1.29, 1.82) is 0 Å². The molecule has 0 radical (unpaired) electrons. The van der Waals surface area contributed by atoms with Crippen LogP contribution in [-0.4, -0.2) is 37.1 Å². The fourth-order valence-electron chi connectivity index (χ4n) is 2.64. The molecule has 0 saturated carbocycles. The van der Waals surface area contributed by atoms with E-state index in [0.29, 0.717) is 33.8 Å². The lowest BCUT2D eigenvalue weighted by Crippen LogP contribution is -2.50. The molecule has 1 aliphatic heterocycles. The van der Waals surface area contributed by atoms with E-state index in [1.54, 1.807) is 23.1 Å². The van der Waals surface area contributed by atoms with Crippen molar-refractivity contribution in [3.63, 3.8) is 0 Å². The van der Waals surface area contributed by atoms with Crippen molar-refractivity contribution in [1.82, 2.24) is 4.90 Å². The summed E-state index contributed by atoms with van der Waals surface area (Å²) in [4.78, 5) is 16.4. The first-order valence-electron chi connectivity index (χ1n) is 7.55. The molecule has 2 amide bonds. The highest BCUT2D eigenvalue weighted by Crippen LogP contribution is 2.29. The molecule has 0 aliphatic carbocycles. The predicted octanol–water partition coefficient (Wildman–Crippen LogP) is 5.00. The van der Waals surface area contributed by atoms with Crippen LogP contribution in [0.15, 0.2) is 42.5 Å². The molecule has 0 unspecified atom stereocenters. The number of nitrogens with zero attached hydrogens (tertiary/aromatic N) is 2.